The molecule has 1 N–H and O–H groups in total. The third kappa shape index (κ3) is 3.36. The molecule has 104 valence electrons. The lowest BCUT2D eigenvalue weighted by Crippen LogP contribution is -2.33. The van der Waals surface area contributed by atoms with E-state index in [1.807, 2.05) is 0 Å². The van der Waals surface area contributed by atoms with Crippen LogP contribution in [0.25, 0.3) is 0 Å². The van der Waals surface area contributed by atoms with Crippen LogP contribution in [-0.2, 0) is 4.74 Å². The molecule has 2 fully saturated rings. The lowest BCUT2D eigenvalue weighted by molar-refractivity contribution is -0.0284. The summed E-state index contributed by atoms with van der Waals surface area (Å²) < 4.78 is 20.3. The fourth-order valence-corrected chi connectivity index (χ4v) is 3.21. The van der Waals surface area contributed by atoms with Gasteiger partial charge in [0, 0.05) is 29.6 Å². The summed E-state index contributed by atoms with van der Waals surface area (Å²) in [6, 6.07) is 5.56. The van der Waals surface area contributed by atoms with Crippen LogP contribution in [0.4, 0.5) is 4.39 Å². The lowest BCUT2D eigenvalue weighted by Gasteiger charge is -2.33. The maximum absolute atomic E-state index is 13.5. The van der Waals surface area contributed by atoms with E-state index in [1.54, 1.807) is 12.1 Å². The highest BCUT2D eigenvalue weighted by molar-refractivity contribution is 9.10. The Balaban J connectivity index is 1.75. The van der Waals surface area contributed by atoms with Gasteiger partial charge in [0.25, 0.3) is 0 Å². The summed E-state index contributed by atoms with van der Waals surface area (Å²) in [5.74, 6) is 0.244. The van der Waals surface area contributed by atoms with Gasteiger partial charge >= 0.3 is 0 Å². The van der Waals surface area contributed by atoms with Crippen molar-refractivity contribution in [3.63, 3.8) is 0 Å². The molecule has 2 nitrogen and oxygen atoms in total. The van der Waals surface area contributed by atoms with Crippen LogP contribution in [0.3, 0.4) is 0 Å². The van der Waals surface area contributed by atoms with Gasteiger partial charge in [0.2, 0.25) is 0 Å². The van der Waals surface area contributed by atoms with Crippen LogP contribution in [0.2, 0.25) is 0 Å². The van der Waals surface area contributed by atoms with Crippen molar-refractivity contribution in [2.45, 2.75) is 37.8 Å². The molecule has 0 amide bonds. The Hall–Kier alpha value is -0.450. The third-order valence-corrected chi connectivity index (χ3v) is 4.68. The Kier molecular flexibility index (Phi) is 4.20. The number of rotatable bonds is 4. The average Bonchev–Trinajstić information content (AvgIpc) is 3.24. The van der Waals surface area contributed by atoms with Gasteiger partial charge in [-0.05, 0) is 49.4 Å². The van der Waals surface area contributed by atoms with E-state index in [9.17, 15) is 4.39 Å². The second kappa shape index (κ2) is 5.90. The molecule has 19 heavy (non-hydrogen) atoms. The Bertz CT molecular complexity index is 450. The van der Waals surface area contributed by atoms with Crippen LogP contribution in [-0.4, -0.2) is 19.2 Å². The first-order valence-electron chi connectivity index (χ1n) is 7.04. The average molecular weight is 328 g/mol. The fourth-order valence-electron chi connectivity index (χ4n) is 2.73. The first kappa shape index (κ1) is 13.5. The standard InChI is InChI=1S/C15H19BrFNO/c16-14-6-3-11(17)8-13(14)15-10(2-1-7-19-15)9-18-12-4-5-12/h3,6,8,10,12,15,18H,1-2,4-5,7,9H2. The highest BCUT2D eigenvalue weighted by Crippen LogP contribution is 2.37. The van der Waals surface area contributed by atoms with E-state index in [1.165, 1.54) is 18.9 Å². The predicted molar refractivity (Wildman–Crippen MR) is 76.5 cm³/mol. The summed E-state index contributed by atoms with van der Waals surface area (Å²) in [5, 5.41) is 3.57. The third-order valence-electron chi connectivity index (χ3n) is 3.96. The maximum Gasteiger partial charge on any atom is 0.123 e. The highest BCUT2D eigenvalue weighted by atomic mass is 79.9. The van der Waals surface area contributed by atoms with Crippen molar-refractivity contribution in [3.05, 3.63) is 34.1 Å². The summed E-state index contributed by atoms with van der Waals surface area (Å²) in [7, 11) is 0. The molecular formula is C15H19BrFNO. The SMILES string of the molecule is Fc1ccc(Br)c(C2OCCCC2CNC2CC2)c1. The zero-order valence-corrected chi connectivity index (χ0v) is 12.5. The molecule has 4 heteroatoms. The van der Waals surface area contributed by atoms with Gasteiger partial charge in [0.15, 0.2) is 0 Å². The van der Waals surface area contributed by atoms with Gasteiger partial charge in [-0.3, -0.25) is 0 Å². The zero-order chi connectivity index (χ0) is 13.2. The van der Waals surface area contributed by atoms with E-state index >= 15 is 0 Å². The molecule has 0 bridgehead atoms. The quantitative estimate of drug-likeness (QED) is 0.908. The molecule has 1 aliphatic heterocycles. The first-order valence-corrected chi connectivity index (χ1v) is 7.83. The number of hydrogen-bond acceptors (Lipinski definition) is 2. The van der Waals surface area contributed by atoms with Crippen molar-refractivity contribution >= 4 is 15.9 Å². The number of benzene rings is 1. The molecule has 1 saturated heterocycles. The van der Waals surface area contributed by atoms with Crippen molar-refractivity contribution in [1.29, 1.82) is 0 Å². The van der Waals surface area contributed by atoms with Crippen molar-refractivity contribution < 1.29 is 9.13 Å². The van der Waals surface area contributed by atoms with Crippen LogP contribution < -0.4 is 5.32 Å². The van der Waals surface area contributed by atoms with Crippen LogP contribution in [0, 0.1) is 11.7 Å². The molecule has 1 aromatic rings. The second-order valence-corrected chi connectivity index (χ2v) is 6.40. The molecule has 3 rings (SSSR count). The van der Waals surface area contributed by atoms with Gasteiger partial charge in [-0.1, -0.05) is 15.9 Å². The smallest absolute Gasteiger partial charge is 0.123 e. The number of hydrogen-bond donors (Lipinski definition) is 1. The largest absolute Gasteiger partial charge is 0.373 e. The minimum atomic E-state index is -0.193. The zero-order valence-electron chi connectivity index (χ0n) is 10.9. The van der Waals surface area contributed by atoms with Gasteiger partial charge in [0.05, 0.1) is 6.10 Å². The highest BCUT2D eigenvalue weighted by Gasteiger charge is 2.31. The molecule has 1 heterocycles. The van der Waals surface area contributed by atoms with Crippen LogP contribution in [0.15, 0.2) is 22.7 Å². The van der Waals surface area contributed by atoms with Gasteiger partial charge in [-0.15, -0.1) is 0 Å². The summed E-state index contributed by atoms with van der Waals surface area (Å²) in [6.45, 7) is 1.74. The number of halogens is 2. The molecule has 0 spiro atoms. The molecule has 0 radical (unpaired) electrons. The molecule has 2 atom stereocenters. The predicted octanol–water partition coefficient (Wildman–Crippen LogP) is 3.81. The van der Waals surface area contributed by atoms with E-state index in [-0.39, 0.29) is 11.9 Å². The van der Waals surface area contributed by atoms with E-state index in [0.29, 0.717) is 12.0 Å². The van der Waals surface area contributed by atoms with Gasteiger partial charge in [0.1, 0.15) is 5.82 Å². The number of nitrogens with one attached hydrogen (secondary N) is 1. The van der Waals surface area contributed by atoms with Crippen LogP contribution in [0.1, 0.15) is 37.4 Å². The minimum absolute atomic E-state index is 0.00470. The van der Waals surface area contributed by atoms with E-state index < -0.39 is 0 Å². The Labute approximate surface area is 121 Å². The molecule has 2 unspecified atom stereocenters. The molecule has 1 aromatic carbocycles. The topological polar surface area (TPSA) is 21.3 Å². The second-order valence-electron chi connectivity index (χ2n) is 5.54. The molecule has 2 aliphatic rings. The van der Waals surface area contributed by atoms with Crippen molar-refractivity contribution in [2.24, 2.45) is 5.92 Å². The van der Waals surface area contributed by atoms with Gasteiger partial charge < -0.3 is 10.1 Å². The van der Waals surface area contributed by atoms with Crippen molar-refractivity contribution in [1.82, 2.24) is 5.32 Å². The van der Waals surface area contributed by atoms with Gasteiger partial charge in [-0.2, -0.15) is 0 Å². The summed E-state index contributed by atoms with van der Waals surface area (Å²) >= 11 is 3.52. The maximum atomic E-state index is 13.5. The summed E-state index contributed by atoms with van der Waals surface area (Å²) in [6.07, 6.45) is 4.84. The minimum Gasteiger partial charge on any atom is -0.373 e. The van der Waals surface area contributed by atoms with E-state index in [0.717, 1.165) is 36.0 Å². The monoisotopic (exact) mass is 327 g/mol. The van der Waals surface area contributed by atoms with Gasteiger partial charge in [-0.25, -0.2) is 4.39 Å². The van der Waals surface area contributed by atoms with Crippen LogP contribution in [0.5, 0.6) is 0 Å². The fraction of sp³-hybridized carbons (Fsp3) is 0.600. The Morgan fingerprint density at radius 1 is 1.32 bits per heavy atom. The molecule has 1 aliphatic carbocycles. The van der Waals surface area contributed by atoms with Crippen molar-refractivity contribution in [2.75, 3.05) is 13.2 Å². The molecule has 0 aromatic heterocycles. The molecular weight excluding hydrogens is 309 g/mol. The van der Waals surface area contributed by atoms with E-state index in [2.05, 4.69) is 21.2 Å². The van der Waals surface area contributed by atoms with Crippen LogP contribution >= 0.6 is 15.9 Å². The molecule has 1 saturated carbocycles. The normalized spacial score (nSPS) is 27.5. The summed E-state index contributed by atoms with van der Waals surface area (Å²) in [5.41, 5.74) is 0.947. The van der Waals surface area contributed by atoms with E-state index in [4.69, 9.17) is 4.74 Å². The first-order chi connectivity index (χ1) is 9.24. The van der Waals surface area contributed by atoms with Crippen molar-refractivity contribution in [3.8, 4) is 0 Å². The lowest BCUT2D eigenvalue weighted by atomic mass is 9.89. The summed E-state index contributed by atoms with van der Waals surface area (Å²) in [4.78, 5) is 0. The Morgan fingerprint density at radius 3 is 2.95 bits per heavy atom. The number of ether oxygens (including phenoxy) is 1. The Morgan fingerprint density at radius 2 is 2.16 bits per heavy atom.